The number of fused-ring (bicyclic) bond motifs is 1. The number of carbonyl (C=O) groups excluding carboxylic acids is 1. The van der Waals surface area contributed by atoms with Crippen molar-refractivity contribution >= 4 is 5.91 Å². The van der Waals surface area contributed by atoms with E-state index in [4.69, 9.17) is 28.4 Å². The van der Waals surface area contributed by atoms with Gasteiger partial charge >= 0.3 is 0 Å². The van der Waals surface area contributed by atoms with Crippen LogP contribution >= 0.6 is 0 Å². The highest BCUT2D eigenvalue weighted by atomic mass is 16.7. The third-order valence-electron chi connectivity index (χ3n) is 6.30. The zero-order valence-electron chi connectivity index (χ0n) is 19.9. The Balaban J connectivity index is 1.37. The van der Waals surface area contributed by atoms with Gasteiger partial charge in [-0.1, -0.05) is 12.1 Å². The minimum Gasteiger partial charge on any atom is -0.497 e. The lowest BCUT2D eigenvalue weighted by Gasteiger charge is -2.47. The van der Waals surface area contributed by atoms with Gasteiger partial charge in [-0.05, 0) is 66.1 Å². The quantitative estimate of drug-likeness (QED) is 0.431. The van der Waals surface area contributed by atoms with Crippen molar-refractivity contribution in [2.45, 2.75) is 18.6 Å². The van der Waals surface area contributed by atoms with Crippen LogP contribution in [0.1, 0.15) is 17.2 Å². The lowest BCUT2D eigenvalue weighted by molar-refractivity contribution is -0.164. The Hall–Kier alpha value is -4.07. The molecule has 35 heavy (non-hydrogen) atoms. The van der Waals surface area contributed by atoms with Crippen molar-refractivity contribution in [3.05, 3.63) is 71.8 Å². The number of hydrogen-bond acceptors (Lipinski definition) is 7. The summed E-state index contributed by atoms with van der Waals surface area (Å²) in [6.45, 7) is 0.715. The van der Waals surface area contributed by atoms with Crippen LogP contribution < -0.4 is 28.4 Å². The second-order valence-corrected chi connectivity index (χ2v) is 8.24. The van der Waals surface area contributed by atoms with E-state index in [2.05, 4.69) is 0 Å². The normalized spacial score (nSPS) is 18.1. The van der Waals surface area contributed by atoms with Gasteiger partial charge in [0, 0.05) is 6.54 Å². The van der Waals surface area contributed by atoms with Crippen molar-refractivity contribution in [1.29, 1.82) is 0 Å². The first kappa shape index (κ1) is 22.7. The number of benzene rings is 3. The molecule has 0 radical (unpaired) electrons. The fraction of sp³-hybridized carbons (Fsp3) is 0.296. The molecule has 0 unspecified atom stereocenters. The molecule has 0 aliphatic carbocycles. The topological polar surface area (TPSA) is 75.7 Å². The van der Waals surface area contributed by atoms with Crippen LogP contribution in [0.5, 0.6) is 34.5 Å². The van der Waals surface area contributed by atoms with Gasteiger partial charge in [-0.25, -0.2) is 0 Å². The number of ether oxygens (including phenoxy) is 6. The smallest absolute Gasteiger partial charge is 0.266 e. The fourth-order valence-electron chi connectivity index (χ4n) is 4.42. The maximum Gasteiger partial charge on any atom is 0.266 e. The van der Waals surface area contributed by atoms with Crippen LogP contribution in [-0.4, -0.2) is 51.6 Å². The number of likely N-dealkylation sites (tertiary alicyclic amines) is 1. The molecule has 2 atom stereocenters. The molecule has 0 N–H and O–H groups in total. The van der Waals surface area contributed by atoms with E-state index in [1.807, 2.05) is 53.4 Å². The number of β-lactam (4-membered cyclic amide) rings is 1. The van der Waals surface area contributed by atoms with Gasteiger partial charge in [0.05, 0.1) is 21.3 Å². The summed E-state index contributed by atoms with van der Waals surface area (Å²) in [5, 5.41) is 0. The summed E-state index contributed by atoms with van der Waals surface area (Å²) in [4.78, 5) is 15.1. The van der Waals surface area contributed by atoms with Crippen LogP contribution in [0.15, 0.2) is 60.7 Å². The molecule has 1 saturated heterocycles. The highest BCUT2D eigenvalue weighted by Gasteiger charge is 2.50. The molecule has 182 valence electrons. The standard InChI is InChI=1S/C27H27NO7/c1-30-19-6-8-20(9-7-19)35-26-25(18-5-11-22-24(15-18)34-16-33-22)28(27(26)29)13-12-17-4-10-21(31-2)23(14-17)32-3/h4-11,14-15,25-26H,12-13,16H2,1-3H3/t25-,26-/m0/s1. The van der Waals surface area contributed by atoms with E-state index in [9.17, 15) is 4.79 Å². The third kappa shape index (κ3) is 4.39. The number of nitrogens with zero attached hydrogens (tertiary/aromatic N) is 1. The molecule has 2 heterocycles. The highest BCUT2D eigenvalue weighted by molar-refractivity contribution is 5.89. The van der Waals surface area contributed by atoms with E-state index >= 15 is 0 Å². The summed E-state index contributed by atoms with van der Waals surface area (Å²) < 4.78 is 33.1. The largest absolute Gasteiger partial charge is 0.497 e. The summed E-state index contributed by atoms with van der Waals surface area (Å²) in [5.41, 5.74) is 1.97. The second kappa shape index (κ2) is 9.66. The van der Waals surface area contributed by atoms with E-state index in [0.29, 0.717) is 41.7 Å². The number of methoxy groups -OCH3 is 3. The predicted octanol–water partition coefficient (Wildman–Crippen LogP) is 4.01. The Morgan fingerprint density at radius 1 is 0.829 bits per heavy atom. The number of amides is 1. The van der Waals surface area contributed by atoms with Gasteiger partial charge in [-0.3, -0.25) is 4.79 Å². The maximum atomic E-state index is 13.2. The Morgan fingerprint density at radius 2 is 1.57 bits per heavy atom. The minimum absolute atomic E-state index is 0.0658. The van der Waals surface area contributed by atoms with E-state index in [1.54, 1.807) is 33.5 Å². The molecular formula is C27H27NO7. The van der Waals surface area contributed by atoms with Gasteiger partial charge in [0.25, 0.3) is 5.91 Å². The van der Waals surface area contributed by atoms with E-state index in [1.165, 1.54) is 0 Å². The van der Waals surface area contributed by atoms with Crippen LogP contribution in [-0.2, 0) is 11.2 Å². The van der Waals surface area contributed by atoms with Crippen LogP contribution in [0.3, 0.4) is 0 Å². The first-order valence-corrected chi connectivity index (χ1v) is 11.3. The van der Waals surface area contributed by atoms with Crippen LogP contribution in [0.4, 0.5) is 0 Å². The lowest BCUT2D eigenvalue weighted by atomic mass is 9.89. The molecule has 1 fully saturated rings. The average Bonchev–Trinajstić information content (AvgIpc) is 3.37. The Bertz CT molecular complexity index is 1210. The molecule has 8 nitrogen and oxygen atoms in total. The number of rotatable bonds is 9. The van der Waals surface area contributed by atoms with Gasteiger partial charge in [0.15, 0.2) is 23.0 Å². The van der Waals surface area contributed by atoms with Gasteiger partial charge in [-0.15, -0.1) is 0 Å². The molecule has 2 aliphatic rings. The Morgan fingerprint density at radius 3 is 2.31 bits per heavy atom. The molecule has 0 aromatic heterocycles. The van der Waals surface area contributed by atoms with E-state index in [0.717, 1.165) is 16.9 Å². The first-order chi connectivity index (χ1) is 17.1. The van der Waals surface area contributed by atoms with Crippen molar-refractivity contribution in [3.63, 3.8) is 0 Å². The maximum absolute atomic E-state index is 13.2. The monoisotopic (exact) mass is 477 g/mol. The van der Waals surface area contributed by atoms with Crippen LogP contribution in [0, 0.1) is 0 Å². The molecule has 3 aromatic rings. The highest BCUT2D eigenvalue weighted by Crippen LogP contribution is 2.42. The van der Waals surface area contributed by atoms with Crippen molar-refractivity contribution in [3.8, 4) is 34.5 Å². The van der Waals surface area contributed by atoms with Crippen molar-refractivity contribution < 1.29 is 33.2 Å². The summed E-state index contributed by atoms with van der Waals surface area (Å²) in [6, 6.07) is 18.5. The molecule has 0 saturated carbocycles. The molecule has 1 amide bonds. The minimum atomic E-state index is -0.644. The molecule has 0 bridgehead atoms. The molecule has 0 spiro atoms. The molecule has 2 aliphatic heterocycles. The zero-order valence-corrected chi connectivity index (χ0v) is 19.9. The summed E-state index contributed by atoms with van der Waals surface area (Å²) in [5.74, 6) is 3.96. The van der Waals surface area contributed by atoms with Crippen molar-refractivity contribution in [2.24, 2.45) is 0 Å². The SMILES string of the molecule is COc1ccc(O[C@@H]2C(=O)N(CCc3ccc(OC)c(OC)c3)[C@H]2c2ccc3c(c2)OCO3)cc1. The van der Waals surface area contributed by atoms with Crippen LogP contribution in [0.2, 0.25) is 0 Å². The summed E-state index contributed by atoms with van der Waals surface area (Å²) >= 11 is 0. The van der Waals surface area contributed by atoms with Gasteiger partial charge < -0.3 is 33.3 Å². The van der Waals surface area contributed by atoms with Gasteiger partial charge in [-0.2, -0.15) is 0 Å². The van der Waals surface area contributed by atoms with Gasteiger partial charge in [0.2, 0.25) is 12.9 Å². The third-order valence-corrected chi connectivity index (χ3v) is 6.30. The number of carbonyl (C=O) groups is 1. The summed E-state index contributed by atoms with van der Waals surface area (Å²) in [6.07, 6.45) is 0.0109. The average molecular weight is 478 g/mol. The molecule has 8 heteroatoms. The number of hydrogen-bond donors (Lipinski definition) is 0. The molecule has 3 aromatic carbocycles. The van der Waals surface area contributed by atoms with Gasteiger partial charge in [0.1, 0.15) is 17.5 Å². The molecular weight excluding hydrogens is 450 g/mol. The molecule has 5 rings (SSSR count). The van der Waals surface area contributed by atoms with Crippen LogP contribution in [0.25, 0.3) is 0 Å². The fourth-order valence-corrected chi connectivity index (χ4v) is 4.42. The summed E-state index contributed by atoms with van der Waals surface area (Å²) in [7, 11) is 4.82. The lowest BCUT2D eigenvalue weighted by Crippen LogP contribution is -2.61. The van der Waals surface area contributed by atoms with E-state index in [-0.39, 0.29) is 18.7 Å². The second-order valence-electron chi connectivity index (χ2n) is 8.24. The first-order valence-electron chi connectivity index (χ1n) is 11.3. The predicted molar refractivity (Wildman–Crippen MR) is 128 cm³/mol. The van der Waals surface area contributed by atoms with E-state index < -0.39 is 6.10 Å². The Labute approximate surface area is 203 Å². The van der Waals surface area contributed by atoms with Crippen molar-refractivity contribution in [1.82, 2.24) is 4.90 Å². The van der Waals surface area contributed by atoms with Crippen molar-refractivity contribution in [2.75, 3.05) is 34.7 Å². The zero-order chi connectivity index (χ0) is 24.4. The Kier molecular flexibility index (Phi) is 6.27.